The Morgan fingerprint density at radius 3 is 2.94 bits per heavy atom. The fraction of sp³-hybridized carbons (Fsp3) is 0.455. The molecular weight excluding hydrogens is 238 g/mol. The van der Waals surface area contributed by atoms with Gasteiger partial charge in [0.1, 0.15) is 18.2 Å². The quantitative estimate of drug-likeness (QED) is 0.652. The van der Waals surface area contributed by atoms with E-state index in [9.17, 15) is 9.90 Å². The van der Waals surface area contributed by atoms with E-state index in [-0.39, 0.29) is 12.4 Å². The number of anilines is 1. The van der Waals surface area contributed by atoms with Gasteiger partial charge in [0, 0.05) is 6.20 Å². The summed E-state index contributed by atoms with van der Waals surface area (Å²) in [7, 11) is 0. The van der Waals surface area contributed by atoms with E-state index < -0.39 is 23.9 Å². The highest BCUT2D eigenvalue weighted by atomic mass is 16.5. The molecule has 18 heavy (non-hydrogen) atoms. The molecule has 1 aliphatic heterocycles. The average molecular weight is 253 g/mol. The summed E-state index contributed by atoms with van der Waals surface area (Å²) in [6, 6.07) is 1.47. The van der Waals surface area contributed by atoms with E-state index in [0.29, 0.717) is 5.76 Å². The van der Waals surface area contributed by atoms with Gasteiger partial charge in [-0.05, 0) is 19.1 Å². The zero-order chi connectivity index (χ0) is 13.3. The monoisotopic (exact) mass is 253 g/mol. The number of nitrogens with two attached hydrogens (primary N) is 1. The summed E-state index contributed by atoms with van der Waals surface area (Å²) < 4.78 is 6.67. The molecule has 0 saturated carbocycles. The zero-order valence-corrected chi connectivity index (χ0v) is 9.85. The van der Waals surface area contributed by atoms with Crippen molar-refractivity contribution < 1.29 is 14.9 Å². The summed E-state index contributed by atoms with van der Waals surface area (Å²) in [5.41, 5.74) is 4.85. The fourth-order valence-electron chi connectivity index (χ4n) is 1.90. The maximum atomic E-state index is 11.7. The van der Waals surface area contributed by atoms with E-state index in [1.54, 1.807) is 13.0 Å². The number of rotatable bonds is 3. The minimum atomic E-state index is -0.719. The first-order valence-electron chi connectivity index (χ1n) is 5.54. The van der Waals surface area contributed by atoms with Gasteiger partial charge in [-0.2, -0.15) is 4.98 Å². The normalized spacial score (nSPS) is 24.5. The smallest absolute Gasteiger partial charge is 0.352 e. The van der Waals surface area contributed by atoms with E-state index in [4.69, 9.17) is 15.6 Å². The molecule has 4 N–H and O–H groups in total. The molecule has 1 unspecified atom stereocenters. The third-order valence-electron chi connectivity index (χ3n) is 2.82. The van der Waals surface area contributed by atoms with Crippen LogP contribution in [0.4, 0.5) is 5.82 Å². The number of hydrogen-bond donors (Lipinski definition) is 3. The molecule has 7 nitrogen and oxygen atoms in total. The Labute approximate surface area is 103 Å². The summed E-state index contributed by atoms with van der Waals surface area (Å²) in [5, 5.41) is 18.7. The standard InChI is InChI=1S/C11H15N3O4/c1-6(16)8-4-7(5-15)18-10(8)14-3-2-9(12)13-11(14)17/h2-4,6,8,10,15-16H,5H2,1H3,(H2,12,13,17)/t6-,8?,10-/m1/s1. The molecule has 0 radical (unpaired) electrons. The van der Waals surface area contributed by atoms with Gasteiger partial charge in [0.05, 0.1) is 12.0 Å². The van der Waals surface area contributed by atoms with Crippen LogP contribution in [-0.2, 0) is 4.74 Å². The Kier molecular flexibility index (Phi) is 3.35. The van der Waals surface area contributed by atoms with Crippen LogP contribution >= 0.6 is 0 Å². The average Bonchev–Trinajstić information content (AvgIpc) is 2.73. The molecular formula is C11H15N3O4. The molecule has 0 aromatic carbocycles. The van der Waals surface area contributed by atoms with Gasteiger partial charge in [-0.3, -0.25) is 4.57 Å². The van der Waals surface area contributed by atoms with Crippen LogP contribution in [0.25, 0.3) is 0 Å². The summed E-state index contributed by atoms with van der Waals surface area (Å²) in [6.45, 7) is 1.31. The number of nitrogens with zero attached hydrogens (tertiary/aromatic N) is 2. The molecule has 3 atom stereocenters. The van der Waals surface area contributed by atoms with Crippen molar-refractivity contribution in [2.24, 2.45) is 5.92 Å². The Hall–Kier alpha value is -1.86. The minimum absolute atomic E-state index is 0.123. The Morgan fingerprint density at radius 2 is 2.39 bits per heavy atom. The van der Waals surface area contributed by atoms with E-state index in [1.165, 1.54) is 16.8 Å². The molecule has 0 saturated heterocycles. The lowest BCUT2D eigenvalue weighted by Gasteiger charge is -2.22. The van der Waals surface area contributed by atoms with Gasteiger partial charge in [-0.25, -0.2) is 4.79 Å². The molecule has 2 heterocycles. The van der Waals surface area contributed by atoms with Crippen molar-refractivity contribution in [2.75, 3.05) is 12.3 Å². The summed E-state index contributed by atoms with van der Waals surface area (Å²) in [5.74, 6) is 0.0306. The Bertz CT molecular complexity index is 523. The molecule has 2 rings (SSSR count). The van der Waals surface area contributed by atoms with Crippen LogP contribution < -0.4 is 11.4 Å². The molecule has 1 aromatic rings. The van der Waals surface area contributed by atoms with Gasteiger partial charge in [-0.1, -0.05) is 0 Å². The van der Waals surface area contributed by atoms with Crippen LogP contribution in [0.15, 0.2) is 28.9 Å². The number of hydrogen-bond acceptors (Lipinski definition) is 6. The van der Waals surface area contributed by atoms with Crippen molar-refractivity contribution >= 4 is 5.82 Å². The SMILES string of the molecule is C[C@@H](O)C1C=C(CO)O[C@H]1n1ccc(N)nc1=O. The maximum absolute atomic E-state index is 11.7. The lowest BCUT2D eigenvalue weighted by atomic mass is 10.0. The fourth-order valence-corrected chi connectivity index (χ4v) is 1.90. The van der Waals surface area contributed by atoms with Gasteiger partial charge in [-0.15, -0.1) is 0 Å². The van der Waals surface area contributed by atoms with Crippen molar-refractivity contribution in [1.29, 1.82) is 0 Å². The first-order valence-corrected chi connectivity index (χ1v) is 5.54. The number of ether oxygens (including phenoxy) is 1. The second-order valence-corrected chi connectivity index (χ2v) is 4.16. The third-order valence-corrected chi connectivity index (χ3v) is 2.82. The number of aromatic nitrogens is 2. The summed E-state index contributed by atoms with van der Waals surface area (Å²) in [4.78, 5) is 15.3. The highest BCUT2D eigenvalue weighted by Crippen LogP contribution is 2.33. The second-order valence-electron chi connectivity index (χ2n) is 4.16. The predicted octanol–water partition coefficient (Wildman–Crippen LogP) is -0.773. The molecule has 7 heteroatoms. The van der Waals surface area contributed by atoms with Gasteiger partial charge in [0.2, 0.25) is 0 Å². The molecule has 98 valence electrons. The molecule has 0 aliphatic carbocycles. The highest BCUT2D eigenvalue weighted by molar-refractivity contribution is 5.24. The number of nitrogen functional groups attached to an aromatic ring is 1. The largest absolute Gasteiger partial charge is 0.472 e. The van der Waals surface area contributed by atoms with E-state index in [0.717, 1.165) is 0 Å². The lowest BCUT2D eigenvalue weighted by Crippen LogP contribution is -2.33. The molecule has 0 spiro atoms. The number of aliphatic hydroxyl groups is 2. The molecule has 1 aliphatic rings. The summed E-state index contributed by atoms with van der Waals surface area (Å²) in [6.07, 6.45) is 1.63. The predicted molar refractivity (Wildman–Crippen MR) is 63.4 cm³/mol. The Morgan fingerprint density at radius 1 is 1.67 bits per heavy atom. The van der Waals surface area contributed by atoms with Crippen molar-refractivity contribution in [3.63, 3.8) is 0 Å². The van der Waals surface area contributed by atoms with Crippen LogP contribution in [0.5, 0.6) is 0 Å². The van der Waals surface area contributed by atoms with Crippen molar-refractivity contribution in [3.8, 4) is 0 Å². The van der Waals surface area contributed by atoms with E-state index >= 15 is 0 Å². The van der Waals surface area contributed by atoms with Gasteiger partial charge in [0.15, 0.2) is 6.23 Å². The number of aliphatic hydroxyl groups excluding tert-OH is 2. The van der Waals surface area contributed by atoms with E-state index in [1.807, 2.05) is 0 Å². The van der Waals surface area contributed by atoms with Crippen LogP contribution in [0.2, 0.25) is 0 Å². The second kappa shape index (κ2) is 4.79. The third kappa shape index (κ3) is 2.22. The van der Waals surface area contributed by atoms with Crippen LogP contribution in [-0.4, -0.2) is 32.5 Å². The molecule has 0 fully saturated rings. The molecule has 1 aromatic heterocycles. The van der Waals surface area contributed by atoms with Crippen molar-refractivity contribution in [2.45, 2.75) is 19.3 Å². The van der Waals surface area contributed by atoms with Crippen molar-refractivity contribution in [3.05, 3.63) is 34.6 Å². The van der Waals surface area contributed by atoms with Crippen LogP contribution in [0, 0.1) is 5.92 Å². The zero-order valence-electron chi connectivity index (χ0n) is 9.85. The minimum Gasteiger partial charge on any atom is -0.472 e. The topological polar surface area (TPSA) is 111 Å². The van der Waals surface area contributed by atoms with Crippen LogP contribution in [0.1, 0.15) is 13.2 Å². The first kappa shape index (κ1) is 12.6. The van der Waals surface area contributed by atoms with E-state index in [2.05, 4.69) is 4.98 Å². The van der Waals surface area contributed by atoms with Gasteiger partial charge in [0.25, 0.3) is 0 Å². The highest BCUT2D eigenvalue weighted by Gasteiger charge is 2.34. The van der Waals surface area contributed by atoms with Gasteiger partial charge < -0.3 is 20.7 Å². The summed E-state index contributed by atoms with van der Waals surface area (Å²) >= 11 is 0. The van der Waals surface area contributed by atoms with Crippen molar-refractivity contribution in [1.82, 2.24) is 9.55 Å². The van der Waals surface area contributed by atoms with Gasteiger partial charge >= 0.3 is 5.69 Å². The van der Waals surface area contributed by atoms with Crippen LogP contribution in [0.3, 0.4) is 0 Å². The lowest BCUT2D eigenvalue weighted by molar-refractivity contribution is -0.00706. The first-order chi connectivity index (χ1) is 8.52. The molecule has 0 amide bonds. The maximum Gasteiger partial charge on any atom is 0.352 e. The Balaban J connectivity index is 2.36. The molecule has 0 bridgehead atoms.